The number of methoxy groups -OCH3 is 1. The lowest BCUT2D eigenvalue weighted by Crippen LogP contribution is -2.19. The summed E-state index contributed by atoms with van der Waals surface area (Å²) >= 11 is 0. The van der Waals surface area contributed by atoms with Crippen LogP contribution in [0, 0.1) is 0 Å². The van der Waals surface area contributed by atoms with Crippen LogP contribution in [-0.4, -0.2) is 24.7 Å². The number of aliphatic carboxylic acids is 1. The van der Waals surface area contributed by atoms with Crippen LogP contribution in [0.5, 0.6) is 5.75 Å². The van der Waals surface area contributed by atoms with E-state index < -0.39 is 5.97 Å². The Morgan fingerprint density at radius 2 is 2.06 bits per heavy atom. The number of rotatable bonds is 6. The zero-order valence-electron chi connectivity index (χ0n) is 9.19. The van der Waals surface area contributed by atoms with Crippen LogP contribution in [0.25, 0.3) is 0 Å². The average molecular weight is 221 g/mol. The second-order valence-electron chi connectivity index (χ2n) is 3.36. The summed E-state index contributed by atoms with van der Waals surface area (Å²) < 4.78 is 5.03. The summed E-state index contributed by atoms with van der Waals surface area (Å²) in [5.41, 5.74) is 1.23. The highest BCUT2D eigenvalue weighted by Crippen LogP contribution is 2.10. The van der Waals surface area contributed by atoms with Crippen LogP contribution < -0.4 is 10.1 Å². The number of hydrogen-bond donors (Lipinski definition) is 2. The molecule has 16 heavy (non-hydrogen) atoms. The lowest BCUT2D eigenvalue weighted by atomic mass is 10.2. The molecule has 2 N–H and O–H groups in total. The highest BCUT2D eigenvalue weighted by atomic mass is 16.5. The molecule has 0 bridgehead atoms. The van der Waals surface area contributed by atoms with Crippen molar-refractivity contribution >= 4 is 5.97 Å². The van der Waals surface area contributed by atoms with Gasteiger partial charge in [-0.1, -0.05) is 18.7 Å². The van der Waals surface area contributed by atoms with E-state index in [0.717, 1.165) is 11.3 Å². The van der Waals surface area contributed by atoms with Crippen molar-refractivity contribution < 1.29 is 14.6 Å². The summed E-state index contributed by atoms with van der Waals surface area (Å²) in [6.45, 7) is 4.32. The van der Waals surface area contributed by atoms with Gasteiger partial charge in [0.2, 0.25) is 0 Å². The third kappa shape index (κ3) is 3.74. The molecule has 0 fully saturated rings. The van der Waals surface area contributed by atoms with Gasteiger partial charge in [-0.15, -0.1) is 0 Å². The Hall–Kier alpha value is -1.81. The fourth-order valence-corrected chi connectivity index (χ4v) is 1.18. The molecule has 0 atom stereocenters. The van der Waals surface area contributed by atoms with E-state index in [1.807, 2.05) is 24.3 Å². The van der Waals surface area contributed by atoms with Crippen LogP contribution >= 0.6 is 0 Å². The first-order valence-electron chi connectivity index (χ1n) is 4.88. The van der Waals surface area contributed by atoms with Crippen molar-refractivity contribution in [3.05, 3.63) is 42.0 Å². The van der Waals surface area contributed by atoms with E-state index in [9.17, 15) is 4.79 Å². The van der Waals surface area contributed by atoms with Gasteiger partial charge in [-0.05, 0) is 17.7 Å². The van der Waals surface area contributed by atoms with Crippen molar-refractivity contribution in [2.75, 3.05) is 13.7 Å². The monoisotopic (exact) mass is 221 g/mol. The van der Waals surface area contributed by atoms with Gasteiger partial charge >= 0.3 is 5.97 Å². The minimum absolute atomic E-state index is 0.161. The van der Waals surface area contributed by atoms with Crippen LogP contribution in [0.1, 0.15) is 5.56 Å². The number of carboxylic acid groups (broad SMARTS) is 1. The van der Waals surface area contributed by atoms with Gasteiger partial charge in [0, 0.05) is 18.7 Å². The quantitative estimate of drug-likeness (QED) is 0.713. The minimum atomic E-state index is -0.970. The highest BCUT2D eigenvalue weighted by molar-refractivity contribution is 5.86. The Morgan fingerprint density at radius 3 is 2.56 bits per heavy atom. The summed E-state index contributed by atoms with van der Waals surface area (Å²) in [4.78, 5) is 10.5. The standard InChI is InChI=1S/C12H15NO3/c1-9(12(14)15)7-13-8-10-3-5-11(16-2)6-4-10/h3-6,13H,1,7-8H2,2H3,(H,14,15). The molecule has 0 aliphatic rings. The van der Waals surface area contributed by atoms with Gasteiger partial charge in [0.1, 0.15) is 5.75 Å². The van der Waals surface area contributed by atoms with E-state index in [0.29, 0.717) is 6.54 Å². The van der Waals surface area contributed by atoms with E-state index in [4.69, 9.17) is 9.84 Å². The number of nitrogens with one attached hydrogen (secondary N) is 1. The van der Waals surface area contributed by atoms with Gasteiger partial charge < -0.3 is 15.2 Å². The molecule has 0 spiro atoms. The van der Waals surface area contributed by atoms with Gasteiger partial charge in [-0.25, -0.2) is 4.79 Å². The van der Waals surface area contributed by atoms with E-state index in [-0.39, 0.29) is 12.1 Å². The number of carbonyl (C=O) groups is 1. The molecule has 0 radical (unpaired) electrons. The van der Waals surface area contributed by atoms with Crippen molar-refractivity contribution in [3.8, 4) is 5.75 Å². The Bertz CT molecular complexity index is 370. The van der Waals surface area contributed by atoms with Gasteiger partial charge in [0.15, 0.2) is 0 Å². The van der Waals surface area contributed by atoms with Crippen molar-refractivity contribution in [1.82, 2.24) is 5.32 Å². The Kier molecular flexibility index (Phi) is 4.54. The summed E-state index contributed by atoms with van der Waals surface area (Å²) in [5, 5.41) is 11.6. The van der Waals surface area contributed by atoms with Crippen LogP contribution in [0.3, 0.4) is 0 Å². The van der Waals surface area contributed by atoms with Gasteiger partial charge in [-0.2, -0.15) is 0 Å². The van der Waals surface area contributed by atoms with Crippen molar-refractivity contribution in [2.24, 2.45) is 0 Å². The van der Waals surface area contributed by atoms with Crippen LogP contribution in [0.2, 0.25) is 0 Å². The molecule has 0 saturated heterocycles. The van der Waals surface area contributed by atoms with E-state index in [1.165, 1.54) is 0 Å². The third-order valence-corrected chi connectivity index (χ3v) is 2.13. The van der Waals surface area contributed by atoms with E-state index in [1.54, 1.807) is 7.11 Å². The molecule has 4 heteroatoms. The Balaban J connectivity index is 2.37. The summed E-state index contributed by atoms with van der Waals surface area (Å²) in [6, 6.07) is 7.58. The van der Waals surface area contributed by atoms with Gasteiger partial charge in [-0.3, -0.25) is 0 Å². The first-order valence-corrected chi connectivity index (χ1v) is 4.88. The number of benzene rings is 1. The van der Waals surface area contributed by atoms with Crippen LogP contribution in [-0.2, 0) is 11.3 Å². The van der Waals surface area contributed by atoms with Crippen molar-refractivity contribution in [2.45, 2.75) is 6.54 Å². The molecule has 0 amide bonds. The van der Waals surface area contributed by atoms with Crippen LogP contribution in [0.15, 0.2) is 36.4 Å². The first kappa shape index (κ1) is 12.3. The number of carboxylic acids is 1. The summed E-state index contributed by atoms with van der Waals surface area (Å²) in [6.07, 6.45) is 0. The lowest BCUT2D eigenvalue weighted by molar-refractivity contribution is -0.132. The molecule has 1 rings (SSSR count). The molecule has 0 aliphatic heterocycles. The highest BCUT2D eigenvalue weighted by Gasteiger charge is 2.02. The molecule has 1 aromatic carbocycles. The van der Waals surface area contributed by atoms with Crippen LogP contribution in [0.4, 0.5) is 0 Å². The van der Waals surface area contributed by atoms with Crippen molar-refractivity contribution in [3.63, 3.8) is 0 Å². The van der Waals surface area contributed by atoms with E-state index in [2.05, 4.69) is 11.9 Å². The zero-order chi connectivity index (χ0) is 12.0. The predicted molar refractivity (Wildman–Crippen MR) is 61.5 cm³/mol. The number of ether oxygens (including phenoxy) is 1. The molecule has 1 aromatic rings. The molecule has 4 nitrogen and oxygen atoms in total. The third-order valence-electron chi connectivity index (χ3n) is 2.13. The minimum Gasteiger partial charge on any atom is -0.497 e. The van der Waals surface area contributed by atoms with E-state index >= 15 is 0 Å². The fourth-order valence-electron chi connectivity index (χ4n) is 1.18. The maximum Gasteiger partial charge on any atom is 0.332 e. The topological polar surface area (TPSA) is 58.6 Å². The second kappa shape index (κ2) is 5.92. The Labute approximate surface area is 94.6 Å². The predicted octanol–water partition coefficient (Wildman–Crippen LogP) is 1.43. The molecular formula is C12H15NO3. The molecule has 0 unspecified atom stereocenters. The zero-order valence-corrected chi connectivity index (χ0v) is 9.19. The average Bonchev–Trinajstić information content (AvgIpc) is 2.29. The summed E-state index contributed by atoms with van der Waals surface area (Å²) in [7, 11) is 1.62. The fraction of sp³-hybridized carbons (Fsp3) is 0.250. The van der Waals surface area contributed by atoms with Gasteiger partial charge in [0.05, 0.1) is 7.11 Å². The molecule has 0 aromatic heterocycles. The smallest absolute Gasteiger partial charge is 0.332 e. The molecule has 0 aliphatic carbocycles. The largest absolute Gasteiger partial charge is 0.497 e. The molecule has 0 saturated carbocycles. The maximum absolute atomic E-state index is 10.5. The molecular weight excluding hydrogens is 206 g/mol. The summed E-state index contributed by atoms with van der Waals surface area (Å²) in [5.74, 6) is -0.166. The van der Waals surface area contributed by atoms with Crippen molar-refractivity contribution in [1.29, 1.82) is 0 Å². The maximum atomic E-state index is 10.5. The molecule has 86 valence electrons. The normalized spacial score (nSPS) is 9.81. The lowest BCUT2D eigenvalue weighted by Gasteiger charge is -2.05. The Morgan fingerprint density at radius 1 is 1.44 bits per heavy atom. The first-order chi connectivity index (χ1) is 7.63. The number of hydrogen-bond acceptors (Lipinski definition) is 3. The van der Waals surface area contributed by atoms with Gasteiger partial charge in [0.25, 0.3) is 0 Å². The molecule has 0 heterocycles. The SMILES string of the molecule is C=C(CNCc1ccc(OC)cc1)C(=O)O. The second-order valence-corrected chi connectivity index (χ2v) is 3.36.